The number of rotatable bonds is 5. The van der Waals surface area contributed by atoms with E-state index in [2.05, 4.69) is 5.32 Å². The van der Waals surface area contributed by atoms with Crippen molar-refractivity contribution in [3.63, 3.8) is 0 Å². The van der Waals surface area contributed by atoms with E-state index in [1.54, 1.807) is 25.3 Å². The Morgan fingerprint density at radius 1 is 1.04 bits per heavy atom. The zero-order chi connectivity index (χ0) is 17.3. The van der Waals surface area contributed by atoms with E-state index in [1.165, 1.54) is 7.11 Å². The van der Waals surface area contributed by atoms with Crippen LogP contribution in [0.25, 0.3) is 0 Å². The second kappa shape index (κ2) is 6.71. The van der Waals surface area contributed by atoms with Crippen LogP contribution in [-0.2, 0) is 9.59 Å². The first-order chi connectivity index (χ1) is 11.5. The van der Waals surface area contributed by atoms with Gasteiger partial charge in [-0.2, -0.15) is 0 Å². The molecule has 4 rings (SSSR count). The Bertz CT molecular complexity index is 636. The van der Waals surface area contributed by atoms with Gasteiger partial charge < -0.3 is 19.9 Å². The summed E-state index contributed by atoms with van der Waals surface area (Å²) >= 11 is 0. The lowest BCUT2D eigenvalue weighted by Crippen LogP contribution is -2.49. The summed E-state index contributed by atoms with van der Waals surface area (Å²) in [4.78, 5) is 24.5. The Kier molecular flexibility index (Phi) is 4.64. The normalized spacial score (nSPS) is 28.2. The van der Waals surface area contributed by atoms with E-state index >= 15 is 0 Å². The number of ether oxygens (including phenoxy) is 2. The molecule has 130 valence electrons. The third-order valence-electron chi connectivity index (χ3n) is 5.47. The molecule has 1 aromatic carbocycles. The number of hydrogen-bond acceptors (Lipinski definition) is 4. The summed E-state index contributed by atoms with van der Waals surface area (Å²) in [6.45, 7) is 0. The zero-order valence-corrected chi connectivity index (χ0v) is 14.0. The van der Waals surface area contributed by atoms with E-state index in [4.69, 9.17) is 9.47 Å². The van der Waals surface area contributed by atoms with E-state index in [1.807, 2.05) is 0 Å². The number of carbonyl (C=O) groups excluding carboxylic acids is 1. The van der Waals surface area contributed by atoms with Crippen LogP contribution in [-0.4, -0.2) is 31.2 Å². The number of methoxy groups -OCH3 is 2. The van der Waals surface area contributed by atoms with E-state index < -0.39 is 17.8 Å². The predicted molar refractivity (Wildman–Crippen MR) is 88.2 cm³/mol. The molecular weight excluding hydrogens is 310 g/mol. The number of nitrogens with one attached hydrogen (secondary N) is 1. The molecule has 1 amide bonds. The Labute approximate surface area is 141 Å². The highest BCUT2D eigenvalue weighted by molar-refractivity contribution is 5.96. The van der Waals surface area contributed by atoms with Gasteiger partial charge in [-0.1, -0.05) is 0 Å². The number of carbonyl (C=O) groups is 2. The molecule has 3 saturated carbocycles. The first-order valence-corrected chi connectivity index (χ1v) is 8.30. The van der Waals surface area contributed by atoms with Gasteiger partial charge in [0.1, 0.15) is 11.5 Å². The molecule has 6 heteroatoms. The smallest absolute Gasteiger partial charge is 0.307 e. The number of aliphatic carboxylic acids is 1. The van der Waals surface area contributed by atoms with Crippen molar-refractivity contribution >= 4 is 17.6 Å². The lowest BCUT2D eigenvalue weighted by atomic mass is 9.58. The highest BCUT2D eigenvalue weighted by Gasteiger charge is 2.50. The monoisotopic (exact) mass is 333 g/mol. The van der Waals surface area contributed by atoms with Crippen LogP contribution < -0.4 is 14.8 Å². The molecule has 1 aromatic rings. The molecule has 0 aromatic heterocycles. The van der Waals surface area contributed by atoms with E-state index in [9.17, 15) is 14.7 Å². The third-order valence-corrected chi connectivity index (χ3v) is 5.47. The highest BCUT2D eigenvalue weighted by Crippen LogP contribution is 2.49. The molecule has 0 radical (unpaired) electrons. The van der Waals surface area contributed by atoms with E-state index in [0.29, 0.717) is 17.2 Å². The minimum absolute atomic E-state index is 0.112. The third kappa shape index (κ3) is 2.92. The van der Waals surface area contributed by atoms with Crippen LogP contribution in [0.4, 0.5) is 5.69 Å². The molecule has 2 atom stereocenters. The quantitative estimate of drug-likeness (QED) is 0.865. The summed E-state index contributed by atoms with van der Waals surface area (Å²) in [6.07, 6.45) is 3.70. The summed E-state index contributed by atoms with van der Waals surface area (Å²) < 4.78 is 10.5. The molecule has 0 saturated heterocycles. The Morgan fingerprint density at radius 3 is 2.21 bits per heavy atom. The maximum Gasteiger partial charge on any atom is 0.307 e. The number of hydrogen-bond donors (Lipinski definition) is 2. The standard InChI is InChI=1S/C18H23NO5/c1-23-12-7-8-13(14(9-12)24-2)19-17(20)15-10-3-5-11(6-4-10)16(15)18(21)22/h7-11,15-16H,3-6H2,1-2H3,(H,19,20)(H,21,22)/t10?,11?,15-,16+/m1/s1. The number of carboxylic acid groups (broad SMARTS) is 1. The molecule has 3 fully saturated rings. The molecule has 24 heavy (non-hydrogen) atoms. The lowest BCUT2D eigenvalue weighted by Gasteiger charge is -2.45. The van der Waals surface area contributed by atoms with E-state index in [0.717, 1.165) is 25.7 Å². The number of benzene rings is 1. The van der Waals surface area contributed by atoms with Crippen LogP contribution in [0.2, 0.25) is 0 Å². The zero-order valence-electron chi connectivity index (χ0n) is 14.0. The largest absolute Gasteiger partial charge is 0.497 e. The van der Waals surface area contributed by atoms with E-state index in [-0.39, 0.29) is 17.7 Å². The van der Waals surface area contributed by atoms with Gasteiger partial charge in [0.15, 0.2) is 0 Å². The van der Waals surface area contributed by atoms with Crippen molar-refractivity contribution in [1.82, 2.24) is 0 Å². The van der Waals surface area contributed by atoms with Gasteiger partial charge in [0.05, 0.1) is 31.7 Å². The summed E-state index contributed by atoms with van der Waals surface area (Å²) in [5.41, 5.74) is 0.536. The molecule has 6 nitrogen and oxygen atoms in total. The molecule has 2 N–H and O–H groups in total. The predicted octanol–water partition coefficient (Wildman–Crippen LogP) is 2.78. The van der Waals surface area contributed by atoms with Crippen molar-refractivity contribution in [1.29, 1.82) is 0 Å². The second-order valence-electron chi connectivity index (χ2n) is 6.62. The van der Waals surface area contributed by atoms with Crippen LogP contribution in [0.3, 0.4) is 0 Å². The highest BCUT2D eigenvalue weighted by atomic mass is 16.5. The van der Waals surface area contributed by atoms with Gasteiger partial charge in [0.25, 0.3) is 0 Å². The summed E-state index contributed by atoms with van der Waals surface area (Å²) in [7, 11) is 3.08. The van der Waals surface area contributed by atoms with Gasteiger partial charge in [0, 0.05) is 6.07 Å². The fourth-order valence-corrected chi connectivity index (χ4v) is 4.30. The van der Waals surface area contributed by atoms with Crippen molar-refractivity contribution in [3.8, 4) is 11.5 Å². The molecule has 0 heterocycles. The van der Waals surface area contributed by atoms with Crippen LogP contribution in [0.15, 0.2) is 18.2 Å². The number of carboxylic acids is 1. The summed E-state index contributed by atoms with van der Waals surface area (Å²) in [5, 5.41) is 12.5. The molecular formula is C18H23NO5. The van der Waals surface area contributed by atoms with Crippen molar-refractivity contribution < 1.29 is 24.2 Å². The fourth-order valence-electron chi connectivity index (χ4n) is 4.30. The van der Waals surface area contributed by atoms with Gasteiger partial charge in [0.2, 0.25) is 5.91 Å². The lowest BCUT2D eigenvalue weighted by molar-refractivity contribution is -0.156. The molecule has 2 bridgehead atoms. The molecule has 0 spiro atoms. The van der Waals surface area contributed by atoms with Gasteiger partial charge in [-0.15, -0.1) is 0 Å². The Morgan fingerprint density at radius 2 is 1.67 bits per heavy atom. The fraction of sp³-hybridized carbons (Fsp3) is 0.556. The maximum atomic E-state index is 12.8. The van der Waals surface area contributed by atoms with Crippen molar-refractivity contribution in [2.75, 3.05) is 19.5 Å². The minimum atomic E-state index is -0.855. The van der Waals surface area contributed by atoms with Gasteiger partial charge >= 0.3 is 5.97 Å². The maximum absolute atomic E-state index is 12.8. The number of amides is 1. The van der Waals surface area contributed by atoms with Crippen molar-refractivity contribution in [2.45, 2.75) is 25.7 Å². The van der Waals surface area contributed by atoms with Gasteiger partial charge in [-0.25, -0.2) is 0 Å². The summed E-state index contributed by atoms with van der Waals surface area (Å²) in [6, 6.07) is 5.14. The molecule has 3 aliphatic rings. The first kappa shape index (κ1) is 16.6. The topological polar surface area (TPSA) is 84.9 Å². The SMILES string of the molecule is COc1ccc(NC(=O)[C@@H]2C3CCC(CC3)[C@@H]2C(=O)O)c(OC)c1. The van der Waals surface area contributed by atoms with Crippen molar-refractivity contribution in [2.24, 2.45) is 23.7 Å². The average molecular weight is 333 g/mol. The Balaban J connectivity index is 1.82. The molecule has 3 aliphatic carbocycles. The van der Waals surface area contributed by atoms with Crippen LogP contribution in [0.5, 0.6) is 11.5 Å². The number of fused-ring (bicyclic) bond motifs is 3. The Hall–Kier alpha value is -2.24. The molecule has 0 aliphatic heterocycles. The minimum Gasteiger partial charge on any atom is -0.497 e. The van der Waals surface area contributed by atoms with Crippen LogP contribution in [0, 0.1) is 23.7 Å². The van der Waals surface area contributed by atoms with Gasteiger partial charge in [-0.05, 0) is 49.7 Å². The number of anilines is 1. The van der Waals surface area contributed by atoms with Crippen LogP contribution in [0.1, 0.15) is 25.7 Å². The van der Waals surface area contributed by atoms with Gasteiger partial charge in [-0.3, -0.25) is 9.59 Å². The summed E-state index contributed by atoms with van der Waals surface area (Å²) in [5.74, 6) is -0.739. The molecule has 0 unspecified atom stereocenters. The van der Waals surface area contributed by atoms with Crippen molar-refractivity contribution in [3.05, 3.63) is 18.2 Å². The average Bonchev–Trinajstić information content (AvgIpc) is 2.62. The van der Waals surface area contributed by atoms with Crippen LogP contribution >= 0.6 is 0 Å². The second-order valence-corrected chi connectivity index (χ2v) is 6.62. The first-order valence-electron chi connectivity index (χ1n) is 8.30.